The molecule has 0 bridgehead atoms. The molecule has 1 aromatic heterocycles. The predicted molar refractivity (Wildman–Crippen MR) is 59.7 cm³/mol. The van der Waals surface area contributed by atoms with Crippen LogP contribution in [0, 0.1) is 5.82 Å². The molecular weight excluding hydrogens is 209 g/mol. The van der Waals surface area contributed by atoms with Crippen LogP contribution in [0.3, 0.4) is 0 Å². The first-order valence-electron chi connectivity index (χ1n) is 5.14. The van der Waals surface area contributed by atoms with E-state index in [-0.39, 0.29) is 11.6 Å². The van der Waals surface area contributed by atoms with E-state index in [1.165, 1.54) is 12.1 Å². The molecule has 0 aliphatic rings. The van der Waals surface area contributed by atoms with Crippen LogP contribution in [0.25, 0.3) is 0 Å². The summed E-state index contributed by atoms with van der Waals surface area (Å²) in [5.41, 5.74) is 0.242. The van der Waals surface area contributed by atoms with Crippen LogP contribution in [0.1, 0.15) is 16.9 Å². The molecule has 88 valence electrons. The third-order valence-electron chi connectivity index (χ3n) is 2.03. The van der Waals surface area contributed by atoms with Crippen molar-refractivity contribution < 1.29 is 9.18 Å². The summed E-state index contributed by atoms with van der Waals surface area (Å²) < 4.78 is 12.5. The zero-order valence-electron chi connectivity index (χ0n) is 9.53. The number of aromatic nitrogens is 1. The molecule has 4 nitrogen and oxygen atoms in total. The van der Waals surface area contributed by atoms with Gasteiger partial charge in [-0.2, -0.15) is 0 Å². The molecule has 0 saturated heterocycles. The van der Waals surface area contributed by atoms with E-state index in [1.807, 2.05) is 19.0 Å². The molecule has 5 heteroatoms. The highest BCUT2D eigenvalue weighted by Crippen LogP contribution is 1.97. The molecule has 16 heavy (non-hydrogen) atoms. The number of amides is 1. The van der Waals surface area contributed by atoms with Gasteiger partial charge in [-0.1, -0.05) is 0 Å². The summed E-state index contributed by atoms with van der Waals surface area (Å²) in [5.74, 6) is -0.706. The van der Waals surface area contributed by atoms with E-state index in [1.54, 1.807) is 0 Å². The minimum absolute atomic E-state index is 0.242. The van der Waals surface area contributed by atoms with E-state index in [0.717, 1.165) is 19.2 Å². The zero-order chi connectivity index (χ0) is 12.0. The van der Waals surface area contributed by atoms with Gasteiger partial charge in [0.1, 0.15) is 11.5 Å². The van der Waals surface area contributed by atoms with Crippen molar-refractivity contribution in [3.05, 3.63) is 29.8 Å². The zero-order valence-corrected chi connectivity index (χ0v) is 9.53. The summed E-state index contributed by atoms with van der Waals surface area (Å²) in [6.45, 7) is 1.51. The molecule has 1 rings (SSSR count). The molecule has 1 amide bonds. The molecule has 0 aliphatic carbocycles. The van der Waals surface area contributed by atoms with Crippen molar-refractivity contribution in [2.24, 2.45) is 0 Å². The van der Waals surface area contributed by atoms with Gasteiger partial charge >= 0.3 is 0 Å². The molecule has 0 saturated carbocycles. The molecule has 0 atom stereocenters. The van der Waals surface area contributed by atoms with E-state index in [0.29, 0.717) is 6.54 Å². The van der Waals surface area contributed by atoms with Crippen molar-refractivity contribution in [1.29, 1.82) is 0 Å². The Hall–Kier alpha value is -1.49. The molecule has 0 fully saturated rings. The quantitative estimate of drug-likeness (QED) is 0.757. The number of carbonyl (C=O) groups is 1. The highest BCUT2D eigenvalue weighted by molar-refractivity contribution is 5.92. The van der Waals surface area contributed by atoms with Gasteiger partial charge in [-0.05, 0) is 39.2 Å². The standard InChI is InChI=1S/C11H16FN3O/c1-15(2)7-3-6-13-11(16)10-5-4-9(12)8-14-10/h4-5,8H,3,6-7H2,1-2H3,(H,13,16). The third-order valence-corrected chi connectivity index (χ3v) is 2.03. The molecule has 0 unspecified atom stereocenters. The predicted octanol–water partition coefficient (Wildman–Crippen LogP) is 0.902. The van der Waals surface area contributed by atoms with Crippen LogP contribution >= 0.6 is 0 Å². The number of carbonyl (C=O) groups excluding carboxylic acids is 1. The molecular formula is C11H16FN3O. The van der Waals surface area contributed by atoms with Gasteiger partial charge in [-0.3, -0.25) is 4.79 Å². The summed E-state index contributed by atoms with van der Waals surface area (Å²) in [6.07, 6.45) is 1.91. The lowest BCUT2D eigenvalue weighted by molar-refractivity contribution is 0.0947. The Morgan fingerprint density at radius 2 is 2.25 bits per heavy atom. The number of hydrogen-bond donors (Lipinski definition) is 1. The van der Waals surface area contributed by atoms with Crippen molar-refractivity contribution in [3.63, 3.8) is 0 Å². The minimum atomic E-state index is -0.441. The van der Waals surface area contributed by atoms with E-state index < -0.39 is 5.82 Å². The topological polar surface area (TPSA) is 45.2 Å². The lowest BCUT2D eigenvalue weighted by Gasteiger charge is -2.09. The van der Waals surface area contributed by atoms with Crippen LogP contribution in [0.2, 0.25) is 0 Å². The van der Waals surface area contributed by atoms with Crippen LogP contribution in [-0.2, 0) is 0 Å². The maximum Gasteiger partial charge on any atom is 0.269 e. The van der Waals surface area contributed by atoms with Crippen molar-refractivity contribution in [2.75, 3.05) is 27.2 Å². The van der Waals surface area contributed by atoms with Gasteiger partial charge < -0.3 is 10.2 Å². The Labute approximate surface area is 94.5 Å². The normalized spacial score (nSPS) is 10.5. The maximum atomic E-state index is 12.5. The van der Waals surface area contributed by atoms with Crippen molar-refractivity contribution in [1.82, 2.24) is 15.2 Å². The lowest BCUT2D eigenvalue weighted by Crippen LogP contribution is -2.27. The maximum absolute atomic E-state index is 12.5. The molecule has 1 N–H and O–H groups in total. The van der Waals surface area contributed by atoms with Crippen LogP contribution in [0.5, 0.6) is 0 Å². The van der Waals surface area contributed by atoms with Crippen LogP contribution in [0.15, 0.2) is 18.3 Å². The van der Waals surface area contributed by atoms with Crippen molar-refractivity contribution in [2.45, 2.75) is 6.42 Å². The van der Waals surface area contributed by atoms with Crippen LogP contribution in [-0.4, -0.2) is 43.0 Å². The summed E-state index contributed by atoms with van der Waals surface area (Å²) in [6, 6.07) is 2.60. The van der Waals surface area contributed by atoms with Gasteiger partial charge in [0.2, 0.25) is 0 Å². The van der Waals surface area contributed by atoms with Gasteiger partial charge in [0.05, 0.1) is 6.20 Å². The second kappa shape index (κ2) is 6.17. The van der Waals surface area contributed by atoms with Gasteiger partial charge in [-0.15, -0.1) is 0 Å². The first kappa shape index (κ1) is 12.6. The Bertz CT molecular complexity index is 338. The summed E-state index contributed by atoms with van der Waals surface area (Å²) >= 11 is 0. The Morgan fingerprint density at radius 1 is 1.50 bits per heavy atom. The highest BCUT2D eigenvalue weighted by atomic mass is 19.1. The van der Waals surface area contributed by atoms with E-state index in [4.69, 9.17) is 0 Å². The Kier molecular flexibility index (Phi) is 4.85. The number of halogens is 1. The average Bonchev–Trinajstić information content (AvgIpc) is 2.25. The van der Waals surface area contributed by atoms with Crippen LogP contribution < -0.4 is 5.32 Å². The molecule has 0 aromatic carbocycles. The largest absolute Gasteiger partial charge is 0.351 e. The van der Waals surface area contributed by atoms with Crippen molar-refractivity contribution in [3.8, 4) is 0 Å². The fourth-order valence-corrected chi connectivity index (χ4v) is 1.20. The second-order valence-electron chi connectivity index (χ2n) is 3.77. The highest BCUT2D eigenvalue weighted by Gasteiger charge is 2.05. The first-order valence-corrected chi connectivity index (χ1v) is 5.14. The van der Waals surface area contributed by atoms with E-state index >= 15 is 0 Å². The SMILES string of the molecule is CN(C)CCCNC(=O)c1ccc(F)cn1. The minimum Gasteiger partial charge on any atom is -0.351 e. The number of rotatable bonds is 5. The fourth-order valence-electron chi connectivity index (χ4n) is 1.20. The van der Waals surface area contributed by atoms with Gasteiger partial charge in [-0.25, -0.2) is 9.37 Å². The number of nitrogens with one attached hydrogen (secondary N) is 1. The van der Waals surface area contributed by atoms with Gasteiger partial charge in [0, 0.05) is 6.54 Å². The Balaban J connectivity index is 2.32. The summed E-state index contributed by atoms with van der Waals surface area (Å²) in [7, 11) is 3.95. The number of nitrogens with zero attached hydrogens (tertiary/aromatic N) is 2. The molecule has 1 heterocycles. The summed E-state index contributed by atoms with van der Waals surface area (Å²) in [5, 5.41) is 2.72. The summed E-state index contributed by atoms with van der Waals surface area (Å²) in [4.78, 5) is 17.2. The smallest absolute Gasteiger partial charge is 0.269 e. The first-order chi connectivity index (χ1) is 7.59. The van der Waals surface area contributed by atoms with Gasteiger partial charge in [0.25, 0.3) is 5.91 Å². The second-order valence-corrected chi connectivity index (χ2v) is 3.77. The molecule has 0 spiro atoms. The number of hydrogen-bond acceptors (Lipinski definition) is 3. The van der Waals surface area contributed by atoms with Crippen molar-refractivity contribution >= 4 is 5.91 Å². The third kappa shape index (κ3) is 4.35. The molecule has 0 radical (unpaired) electrons. The average molecular weight is 225 g/mol. The Morgan fingerprint density at radius 3 is 2.81 bits per heavy atom. The van der Waals surface area contributed by atoms with E-state index in [2.05, 4.69) is 10.3 Å². The monoisotopic (exact) mass is 225 g/mol. The fraction of sp³-hybridized carbons (Fsp3) is 0.455. The van der Waals surface area contributed by atoms with E-state index in [9.17, 15) is 9.18 Å². The molecule has 1 aromatic rings. The number of pyridine rings is 1. The molecule has 0 aliphatic heterocycles. The van der Waals surface area contributed by atoms with Crippen LogP contribution in [0.4, 0.5) is 4.39 Å². The van der Waals surface area contributed by atoms with Gasteiger partial charge in [0.15, 0.2) is 0 Å². The lowest BCUT2D eigenvalue weighted by atomic mass is 10.3.